The lowest BCUT2D eigenvalue weighted by Crippen LogP contribution is -2.44. The Labute approximate surface area is 106 Å². The van der Waals surface area contributed by atoms with Gasteiger partial charge in [-0.2, -0.15) is 0 Å². The Morgan fingerprint density at radius 1 is 1.35 bits per heavy atom. The molecule has 1 aliphatic heterocycles. The summed E-state index contributed by atoms with van der Waals surface area (Å²) in [7, 11) is 2.14. The summed E-state index contributed by atoms with van der Waals surface area (Å²) >= 11 is 1.54. The molecular weight excluding hydrogens is 234 g/mol. The summed E-state index contributed by atoms with van der Waals surface area (Å²) in [5, 5.41) is 1.02. The lowest BCUT2D eigenvalue weighted by atomic mass is 10.2. The maximum Gasteiger partial charge on any atom is 0.186 e. The molecule has 0 N–H and O–H groups in total. The van der Waals surface area contributed by atoms with E-state index in [1.807, 2.05) is 0 Å². The molecule has 0 atom stereocenters. The molecule has 4 nitrogen and oxygen atoms in total. The summed E-state index contributed by atoms with van der Waals surface area (Å²) in [4.78, 5) is 21.0. The van der Waals surface area contributed by atoms with E-state index in [2.05, 4.69) is 28.8 Å². The van der Waals surface area contributed by atoms with Crippen LogP contribution in [0.5, 0.6) is 0 Å². The lowest BCUT2D eigenvalue weighted by Gasteiger charge is -2.32. The van der Waals surface area contributed by atoms with Gasteiger partial charge < -0.3 is 9.80 Å². The maximum absolute atomic E-state index is 11.0. The summed E-state index contributed by atoms with van der Waals surface area (Å²) in [6.45, 7) is 6.27. The van der Waals surface area contributed by atoms with Gasteiger partial charge in [0, 0.05) is 26.2 Å². The highest BCUT2D eigenvalue weighted by molar-refractivity contribution is 7.17. The second kappa shape index (κ2) is 5.60. The zero-order valence-electron chi connectivity index (χ0n) is 10.5. The molecule has 2 heterocycles. The third-order valence-electron chi connectivity index (χ3n) is 3.08. The number of rotatable bonds is 4. The van der Waals surface area contributed by atoms with E-state index >= 15 is 0 Å². The van der Waals surface area contributed by atoms with E-state index in [-0.39, 0.29) is 0 Å². The highest BCUT2D eigenvalue weighted by Crippen LogP contribution is 2.26. The van der Waals surface area contributed by atoms with Crippen molar-refractivity contribution in [1.29, 1.82) is 0 Å². The number of hydrogen-bond donors (Lipinski definition) is 0. The van der Waals surface area contributed by atoms with Gasteiger partial charge in [-0.05, 0) is 13.5 Å². The van der Waals surface area contributed by atoms with Gasteiger partial charge in [-0.25, -0.2) is 4.98 Å². The first kappa shape index (κ1) is 12.5. The van der Waals surface area contributed by atoms with Gasteiger partial charge in [0.15, 0.2) is 11.4 Å². The first-order valence-electron chi connectivity index (χ1n) is 6.13. The largest absolute Gasteiger partial charge is 0.346 e. The van der Waals surface area contributed by atoms with Gasteiger partial charge in [0.05, 0.1) is 10.6 Å². The van der Waals surface area contributed by atoms with E-state index in [4.69, 9.17) is 0 Å². The Morgan fingerprint density at radius 2 is 2.06 bits per heavy atom. The molecule has 0 spiro atoms. The monoisotopic (exact) mass is 253 g/mol. The van der Waals surface area contributed by atoms with Crippen molar-refractivity contribution in [3.63, 3.8) is 0 Å². The second-order valence-corrected chi connectivity index (χ2v) is 5.47. The fourth-order valence-corrected chi connectivity index (χ4v) is 2.97. The van der Waals surface area contributed by atoms with Crippen LogP contribution in [0.1, 0.15) is 28.7 Å². The highest BCUT2D eigenvalue weighted by atomic mass is 32.1. The van der Waals surface area contributed by atoms with Crippen molar-refractivity contribution in [1.82, 2.24) is 9.88 Å². The van der Waals surface area contributed by atoms with Crippen molar-refractivity contribution in [2.24, 2.45) is 0 Å². The number of aryl methyl sites for hydroxylation is 1. The predicted molar refractivity (Wildman–Crippen MR) is 71.2 cm³/mol. The van der Waals surface area contributed by atoms with Crippen LogP contribution in [-0.2, 0) is 6.42 Å². The SMILES string of the molecule is CCCc1nc(N2CCN(C)CC2)sc1C=O. The van der Waals surface area contributed by atoms with Crippen LogP contribution in [-0.4, -0.2) is 49.4 Å². The van der Waals surface area contributed by atoms with Gasteiger partial charge in [0.1, 0.15) is 0 Å². The first-order valence-corrected chi connectivity index (χ1v) is 6.94. The summed E-state index contributed by atoms with van der Waals surface area (Å²) < 4.78 is 0. The maximum atomic E-state index is 11.0. The number of nitrogens with zero attached hydrogens (tertiary/aromatic N) is 3. The Hall–Kier alpha value is -0.940. The van der Waals surface area contributed by atoms with Crippen LogP contribution in [0.3, 0.4) is 0 Å². The minimum atomic E-state index is 0.806. The molecule has 1 aromatic rings. The first-order chi connectivity index (χ1) is 8.24. The summed E-state index contributed by atoms with van der Waals surface area (Å²) in [6, 6.07) is 0. The molecule has 0 bridgehead atoms. The normalized spacial score (nSPS) is 17.4. The van der Waals surface area contributed by atoms with Gasteiger partial charge in [-0.15, -0.1) is 0 Å². The lowest BCUT2D eigenvalue weighted by molar-refractivity contribution is 0.112. The van der Waals surface area contributed by atoms with Crippen LogP contribution in [0.25, 0.3) is 0 Å². The van der Waals surface area contributed by atoms with Gasteiger partial charge in [0.2, 0.25) is 0 Å². The molecule has 0 saturated carbocycles. The molecule has 17 heavy (non-hydrogen) atoms. The van der Waals surface area contributed by atoms with E-state index in [1.54, 1.807) is 0 Å². The fraction of sp³-hybridized carbons (Fsp3) is 0.667. The predicted octanol–water partition coefficient (Wildman–Crippen LogP) is 1.66. The van der Waals surface area contributed by atoms with Crippen LogP contribution in [0.15, 0.2) is 0 Å². The van der Waals surface area contributed by atoms with Gasteiger partial charge in [-0.3, -0.25) is 4.79 Å². The third-order valence-corrected chi connectivity index (χ3v) is 4.17. The zero-order chi connectivity index (χ0) is 12.3. The average molecular weight is 253 g/mol. The van der Waals surface area contributed by atoms with Crippen LogP contribution < -0.4 is 4.90 Å². The number of carbonyl (C=O) groups excluding carboxylic acids is 1. The fourth-order valence-electron chi connectivity index (χ4n) is 1.99. The Morgan fingerprint density at radius 3 is 2.65 bits per heavy atom. The molecule has 94 valence electrons. The zero-order valence-corrected chi connectivity index (χ0v) is 11.3. The van der Waals surface area contributed by atoms with Gasteiger partial charge in [0.25, 0.3) is 0 Å². The number of anilines is 1. The van der Waals surface area contributed by atoms with Crippen molar-refractivity contribution in [3.05, 3.63) is 10.6 Å². The van der Waals surface area contributed by atoms with Gasteiger partial charge in [-0.1, -0.05) is 24.7 Å². The molecule has 0 aliphatic carbocycles. The Bertz CT molecular complexity index is 383. The summed E-state index contributed by atoms with van der Waals surface area (Å²) in [6.07, 6.45) is 2.88. The molecule has 1 aromatic heterocycles. The van der Waals surface area contributed by atoms with E-state index in [0.29, 0.717) is 0 Å². The molecule has 1 fully saturated rings. The van der Waals surface area contributed by atoms with Gasteiger partial charge >= 0.3 is 0 Å². The second-order valence-electron chi connectivity index (χ2n) is 4.47. The number of likely N-dealkylation sites (N-methyl/N-ethyl adjacent to an activating group) is 1. The van der Waals surface area contributed by atoms with Crippen molar-refractivity contribution >= 4 is 22.8 Å². The minimum Gasteiger partial charge on any atom is -0.346 e. The Balaban J connectivity index is 2.12. The topological polar surface area (TPSA) is 36.4 Å². The van der Waals surface area contributed by atoms with Crippen molar-refractivity contribution in [2.75, 3.05) is 38.1 Å². The molecule has 0 radical (unpaired) electrons. The molecule has 0 unspecified atom stereocenters. The van der Waals surface area contributed by atoms with Crippen molar-refractivity contribution < 1.29 is 4.79 Å². The van der Waals surface area contributed by atoms with E-state index in [0.717, 1.165) is 61.0 Å². The molecule has 1 saturated heterocycles. The molecule has 2 rings (SSSR count). The molecule has 0 aromatic carbocycles. The number of thiazole rings is 1. The van der Waals surface area contributed by atoms with Crippen LogP contribution >= 0.6 is 11.3 Å². The van der Waals surface area contributed by atoms with E-state index in [9.17, 15) is 4.79 Å². The quantitative estimate of drug-likeness (QED) is 0.765. The number of hydrogen-bond acceptors (Lipinski definition) is 5. The van der Waals surface area contributed by atoms with E-state index < -0.39 is 0 Å². The summed E-state index contributed by atoms with van der Waals surface area (Å²) in [5.74, 6) is 0. The average Bonchev–Trinajstić information content (AvgIpc) is 2.74. The van der Waals surface area contributed by atoms with Crippen molar-refractivity contribution in [2.45, 2.75) is 19.8 Å². The Kier molecular flexibility index (Phi) is 4.12. The molecular formula is C12H19N3OS. The van der Waals surface area contributed by atoms with Crippen LogP contribution in [0.2, 0.25) is 0 Å². The number of aldehydes is 1. The van der Waals surface area contributed by atoms with Crippen LogP contribution in [0, 0.1) is 0 Å². The molecule has 5 heteroatoms. The number of carbonyl (C=O) groups is 1. The highest BCUT2D eigenvalue weighted by Gasteiger charge is 2.19. The summed E-state index contributed by atoms with van der Waals surface area (Å²) in [5.41, 5.74) is 0.974. The minimum absolute atomic E-state index is 0.806. The number of piperazine rings is 1. The standard InChI is InChI=1S/C12H19N3OS/c1-3-4-10-11(9-16)17-12(13-10)15-7-5-14(2)6-8-15/h9H,3-8H2,1-2H3. The van der Waals surface area contributed by atoms with Crippen LogP contribution in [0.4, 0.5) is 5.13 Å². The molecule has 0 amide bonds. The number of aromatic nitrogens is 1. The smallest absolute Gasteiger partial charge is 0.186 e. The van der Waals surface area contributed by atoms with E-state index in [1.165, 1.54) is 11.3 Å². The molecule has 1 aliphatic rings. The van der Waals surface area contributed by atoms with Crippen molar-refractivity contribution in [3.8, 4) is 0 Å². The third kappa shape index (κ3) is 2.84.